The third kappa shape index (κ3) is 4.46. The van der Waals surface area contributed by atoms with Crippen LogP contribution in [0.25, 0.3) is 0 Å². The number of esters is 1. The zero-order chi connectivity index (χ0) is 15.4. The molecule has 0 aromatic carbocycles. The van der Waals surface area contributed by atoms with Crippen molar-refractivity contribution in [2.45, 2.75) is 72.3 Å². The van der Waals surface area contributed by atoms with Gasteiger partial charge in [-0.25, -0.2) is 0 Å². The van der Waals surface area contributed by atoms with Crippen molar-refractivity contribution in [3.63, 3.8) is 0 Å². The van der Waals surface area contributed by atoms with Gasteiger partial charge in [0.1, 0.15) is 0 Å². The monoisotopic (exact) mass is 290 g/mol. The van der Waals surface area contributed by atoms with Gasteiger partial charge >= 0.3 is 5.97 Å². The molecule has 0 aliphatic heterocycles. The van der Waals surface area contributed by atoms with Gasteiger partial charge in [0.25, 0.3) is 0 Å². The van der Waals surface area contributed by atoms with Crippen LogP contribution in [0.1, 0.15) is 66.2 Å². The van der Waals surface area contributed by atoms with Gasteiger partial charge in [-0.05, 0) is 78.1 Å². The van der Waals surface area contributed by atoms with E-state index in [0.717, 1.165) is 38.5 Å². The van der Waals surface area contributed by atoms with Gasteiger partial charge < -0.3 is 4.74 Å². The molecule has 2 aliphatic carbocycles. The van der Waals surface area contributed by atoms with Crippen LogP contribution in [0.3, 0.4) is 0 Å². The largest absolute Gasteiger partial charge is 0.463 e. The Bertz CT molecular complexity index is 401. The fourth-order valence-corrected chi connectivity index (χ4v) is 3.70. The van der Waals surface area contributed by atoms with Crippen molar-refractivity contribution in [3.05, 3.63) is 23.3 Å². The van der Waals surface area contributed by atoms with Crippen LogP contribution in [0, 0.1) is 17.8 Å². The fraction of sp³-hybridized carbons (Fsp3) is 0.737. The number of ether oxygens (including phenoxy) is 1. The predicted molar refractivity (Wildman–Crippen MR) is 86.9 cm³/mol. The summed E-state index contributed by atoms with van der Waals surface area (Å²) < 4.78 is 5.59. The summed E-state index contributed by atoms with van der Waals surface area (Å²) in [5.74, 6) is 1.07. The van der Waals surface area contributed by atoms with Crippen LogP contribution >= 0.6 is 0 Å². The van der Waals surface area contributed by atoms with Gasteiger partial charge in [-0.1, -0.05) is 23.3 Å². The summed E-state index contributed by atoms with van der Waals surface area (Å²) in [6.45, 7) is 8.30. The molecule has 0 spiro atoms. The second-order valence-electron chi connectivity index (χ2n) is 7.18. The Kier molecular flexibility index (Phi) is 5.66. The fourth-order valence-electron chi connectivity index (χ4n) is 3.70. The van der Waals surface area contributed by atoms with Crippen molar-refractivity contribution < 1.29 is 9.53 Å². The Labute approximate surface area is 129 Å². The van der Waals surface area contributed by atoms with Gasteiger partial charge in [0.05, 0.1) is 12.0 Å². The summed E-state index contributed by atoms with van der Waals surface area (Å²) in [5, 5.41) is 0. The lowest BCUT2D eigenvalue weighted by molar-refractivity contribution is -0.157. The van der Waals surface area contributed by atoms with Gasteiger partial charge in [0.2, 0.25) is 0 Å². The molecular formula is C19H30O2. The lowest BCUT2D eigenvalue weighted by Crippen LogP contribution is -2.35. The minimum atomic E-state index is -0.0123. The highest BCUT2D eigenvalue weighted by Crippen LogP contribution is 2.40. The second-order valence-corrected chi connectivity index (χ2v) is 7.18. The molecule has 2 unspecified atom stereocenters. The number of hydrogen-bond donors (Lipinski definition) is 0. The second kappa shape index (κ2) is 7.29. The zero-order valence-electron chi connectivity index (χ0n) is 14.0. The summed E-state index contributed by atoms with van der Waals surface area (Å²) in [4.78, 5) is 12.7. The molecule has 0 saturated carbocycles. The lowest BCUT2D eigenvalue weighted by Gasteiger charge is -2.35. The average molecular weight is 290 g/mol. The minimum Gasteiger partial charge on any atom is -0.463 e. The SMILES string of the molecule is CC1=CCC(C(C(=O)OC(C)C)C2CC=C(C)CC2)CC1. The van der Waals surface area contributed by atoms with E-state index in [9.17, 15) is 4.79 Å². The Balaban J connectivity index is 2.12. The van der Waals surface area contributed by atoms with E-state index in [2.05, 4.69) is 26.0 Å². The van der Waals surface area contributed by atoms with E-state index in [4.69, 9.17) is 4.74 Å². The highest BCUT2D eigenvalue weighted by molar-refractivity contribution is 5.73. The Morgan fingerprint density at radius 1 is 1.05 bits per heavy atom. The smallest absolute Gasteiger partial charge is 0.309 e. The van der Waals surface area contributed by atoms with E-state index in [1.54, 1.807) is 0 Å². The van der Waals surface area contributed by atoms with Crippen molar-refractivity contribution in [1.82, 2.24) is 0 Å². The molecule has 0 saturated heterocycles. The van der Waals surface area contributed by atoms with Crippen LogP contribution in [0.2, 0.25) is 0 Å². The summed E-state index contributed by atoms with van der Waals surface area (Å²) >= 11 is 0. The standard InChI is InChI=1S/C19H30O2/c1-13(2)21-19(20)18(16-9-5-14(3)6-10-16)17-11-7-15(4)8-12-17/h5,7,13,16-18H,6,8-12H2,1-4H3. The third-order valence-electron chi connectivity index (χ3n) is 5.00. The molecule has 0 N–H and O–H groups in total. The van der Waals surface area contributed by atoms with Crippen molar-refractivity contribution in [3.8, 4) is 0 Å². The molecule has 2 atom stereocenters. The van der Waals surface area contributed by atoms with Crippen LogP contribution in [-0.4, -0.2) is 12.1 Å². The molecule has 0 bridgehead atoms. The molecule has 2 rings (SSSR count). The molecule has 21 heavy (non-hydrogen) atoms. The molecule has 0 amide bonds. The van der Waals surface area contributed by atoms with E-state index < -0.39 is 0 Å². The van der Waals surface area contributed by atoms with Crippen LogP contribution < -0.4 is 0 Å². The summed E-state index contributed by atoms with van der Waals surface area (Å²) in [6, 6.07) is 0. The first kappa shape index (κ1) is 16.3. The van der Waals surface area contributed by atoms with Crippen LogP contribution in [0.4, 0.5) is 0 Å². The number of allylic oxidation sites excluding steroid dienone is 4. The average Bonchev–Trinajstić information content (AvgIpc) is 2.42. The Hall–Kier alpha value is -1.05. The number of rotatable bonds is 4. The number of carbonyl (C=O) groups excluding carboxylic acids is 1. The Morgan fingerprint density at radius 3 is 1.86 bits per heavy atom. The van der Waals surface area contributed by atoms with Crippen LogP contribution in [0.5, 0.6) is 0 Å². The maximum absolute atomic E-state index is 12.7. The highest BCUT2D eigenvalue weighted by Gasteiger charge is 2.37. The first-order chi connectivity index (χ1) is 9.97. The molecule has 0 fully saturated rings. The molecule has 0 radical (unpaired) electrons. The maximum Gasteiger partial charge on any atom is 0.309 e. The van der Waals surface area contributed by atoms with E-state index in [0.29, 0.717) is 11.8 Å². The molecule has 2 nitrogen and oxygen atoms in total. The number of hydrogen-bond acceptors (Lipinski definition) is 2. The summed E-state index contributed by atoms with van der Waals surface area (Å²) in [7, 11) is 0. The first-order valence-electron chi connectivity index (χ1n) is 8.49. The van der Waals surface area contributed by atoms with Crippen molar-refractivity contribution in [2.75, 3.05) is 0 Å². The van der Waals surface area contributed by atoms with Gasteiger partial charge in [0, 0.05) is 0 Å². The lowest BCUT2D eigenvalue weighted by atomic mass is 9.70. The van der Waals surface area contributed by atoms with Gasteiger partial charge in [-0.3, -0.25) is 4.79 Å². The quantitative estimate of drug-likeness (QED) is 0.535. The summed E-state index contributed by atoms with van der Waals surface area (Å²) in [6.07, 6.45) is 11.3. The topological polar surface area (TPSA) is 26.3 Å². The van der Waals surface area contributed by atoms with E-state index in [1.807, 2.05) is 13.8 Å². The van der Waals surface area contributed by atoms with Gasteiger partial charge in [-0.15, -0.1) is 0 Å². The van der Waals surface area contributed by atoms with E-state index in [-0.39, 0.29) is 18.0 Å². The maximum atomic E-state index is 12.7. The first-order valence-corrected chi connectivity index (χ1v) is 8.49. The summed E-state index contributed by atoms with van der Waals surface area (Å²) in [5.41, 5.74) is 2.95. The van der Waals surface area contributed by atoms with E-state index in [1.165, 1.54) is 11.1 Å². The minimum absolute atomic E-state index is 0.0123. The van der Waals surface area contributed by atoms with E-state index >= 15 is 0 Å². The van der Waals surface area contributed by atoms with Crippen molar-refractivity contribution >= 4 is 5.97 Å². The van der Waals surface area contributed by atoms with Crippen LogP contribution in [-0.2, 0) is 9.53 Å². The zero-order valence-corrected chi connectivity index (χ0v) is 14.0. The molecule has 0 aromatic rings. The van der Waals surface area contributed by atoms with Gasteiger partial charge in [0.15, 0.2) is 0 Å². The normalized spacial score (nSPS) is 27.9. The van der Waals surface area contributed by atoms with Crippen molar-refractivity contribution in [1.29, 1.82) is 0 Å². The van der Waals surface area contributed by atoms with Gasteiger partial charge in [-0.2, -0.15) is 0 Å². The molecule has 0 heterocycles. The van der Waals surface area contributed by atoms with Crippen molar-refractivity contribution in [2.24, 2.45) is 17.8 Å². The molecule has 0 aromatic heterocycles. The molecule has 2 heteroatoms. The molecular weight excluding hydrogens is 260 g/mol. The highest BCUT2D eigenvalue weighted by atomic mass is 16.5. The number of carbonyl (C=O) groups is 1. The molecule has 2 aliphatic rings. The third-order valence-corrected chi connectivity index (χ3v) is 5.00. The predicted octanol–water partition coefficient (Wildman–Crippen LogP) is 5.05. The molecule has 118 valence electrons. The Morgan fingerprint density at radius 2 is 1.52 bits per heavy atom. The van der Waals surface area contributed by atoms with Crippen LogP contribution in [0.15, 0.2) is 23.3 Å².